The van der Waals surface area contributed by atoms with E-state index in [-0.39, 0.29) is 4.90 Å². The number of fused-ring (bicyclic) bond motifs is 1. The third-order valence-electron chi connectivity index (χ3n) is 6.82. The van der Waals surface area contributed by atoms with Gasteiger partial charge in [-0.3, -0.25) is 0 Å². The van der Waals surface area contributed by atoms with Crippen LogP contribution in [0.4, 0.5) is 0 Å². The fourth-order valence-electron chi connectivity index (χ4n) is 4.23. The van der Waals surface area contributed by atoms with Gasteiger partial charge in [-0.1, -0.05) is 48.0 Å². The summed E-state index contributed by atoms with van der Waals surface area (Å²) in [5, 5.41) is 0.676. The second-order valence-corrected chi connectivity index (χ2v) is 11.5. The van der Waals surface area contributed by atoms with Crippen LogP contribution in [0.25, 0.3) is 22.3 Å². The van der Waals surface area contributed by atoms with E-state index in [4.69, 9.17) is 9.31 Å². The highest BCUT2D eigenvalue weighted by molar-refractivity contribution is 7.90. The van der Waals surface area contributed by atoms with E-state index in [2.05, 4.69) is 4.98 Å². The molecule has 174 valence electrons. The number of benzene rings is 2. The number of pyridine rings is 1. The monoisotopic (exact) mass is 474 g/mol. The molecule has 0 aliphatic carbocycles. The molecule has 0 N–H and O–H groups in total. The zero-order valence-electron chi connectivity index (χ0n) is 19.9. The van der Waals surface area contributed by atoms with Gasteiger partial charge in [0.15, 0.2) is 5.65 Å². The predicted molar refractivity (Wildman–Crippen MR) is 135 cm³/mol. The SMILES string of the molecule is Cc1ccc(S(=O)(=O)n2c(-c3ccccc3)c(B3OC(C)(C)C(C)(C)O3)c3cccnc32)cc1. The van der Waals surface area contributed by atoms with E-state index in [1.165, 1.54) is 3.97 Å². The van der Waals surface area contributed by atoms with Crippen molar-refractivity contribution >= 4 is 33.6 Å². The lowest BCUT2D eigenvalue weighted by Gasteiger charge is -2.32. The number of hydrogen-bond acceptors (Lipinski definition) is 5. The van der Waals surface area contributed by atoms with E-state index in [1.54, 1.807) is 36.5 Å². The topological polar surface area (TPSA) is 70.4 Å². The molecule has 0 atom stereocenters. The molecule has 2 aromatic heterocycles. The van der Waals surface area contributed by atoms with Crippen molar-refractivity contribution in [3.8, 4) is 11.3 Å². The van der Waals surface area contributed by atoms with Crippen molar-refractivity contribution in [2.75, 3.05) is 0 Å². The van der Waals surface area contributed by atoms with Crippen LogP contribution >= 0.6 is 0 Å². The molecule has 2 aromatic carbocycles. The van der Waals surface area contributed by atoms with Crippen LogP contribution in [-0.2, 0) is 19.3 Å². The molecule has 4 aromatic rings. The highest BCUT2D eigenvalue weighted by Gasteiger charge is 2.53. The molecule has 1 fully saturated rings. The normalized spacial score (nSPS) is 17.4. The van der Waals surface area contributed by atoms with E-state index in [1.807, 2.05) is 71.0 Å². The Labute approximate surface area is 200 Å². The van der Waals surface area contributed by atoms with E-state index in [0.717, 1.165) is 11.1 Å². The number of rotatable bonds is 4. The first-order chi connectivity index (χ1) is 16.0. The molecule has 8 heteroatoms. The van der Waals surface area contributed by atoms with Gasteiger partial charge in [0.2, 0.25) is 0 Å². The first-order valence-electron chi connectivity index (χ1n) is 11.3. The minimum Gasteiger partial charge on any atom is -0.399 e. The van der Waals surface area contributed by atoms with Crippen molar-refractivity contribution in [3.63, 3.8) is 0 Å². The maximum Gasteiger partial charge on any atom is 0.497 e. The summed E-state index contributed by atoms with van der Waals surface area (Å²) >= 11 is 0. The van der Waals surface area contributed by atoms with Gasteiger partial charge in [0, 0.05) is 17.0 Å². The summed E-state index contributed by atoms with van der Waals surface area (Å²) in [4.78, 5) is 4.71. The van der Waals surface area contributed by atoms with Gasteiger partial charge in [-0.2, -0.15) is 0 Å². The van der Waals surface area contributed by atoms with Crippen molar-refractivity contribution in [2.24, 2.45) is 0 Å². The Bertz CT molecular complexity index is 1460. The van der Waals surface area contributed by atoms with Crippen LogP contribution in [0.2, 0.25) is 0 Å². The minimum absolute atomic E-state index is 0.193. The first kappa shape index (κ1) is 22.8. The molecule has 1 saturated heterocycles. The van der Waals surface area contributed by atoms with Crippen molar-refractivity contribution in [3.05, 3.63) is 78.5 Å². The largest absolute Gasteiger partial charge is 0.497 e. The van der Waals surface area contributed by atoms with Gasteiger partial charge in [-0.25, -0.2) is 17.4 Å². The molecular formula is C26H27BN2O4S. The summed E-state index contributed by atoms with van der Waals surface area (Å²) in [7, 11) is -4.75. The molecular weight excluding hydrogens is 447 g/mol. The average molecular weight is 474 g/mol. The molecule has 1 aliphatic heterocycles. The van der Waals surface area contributed by atoms with Crippen LogP contribution < -0.4 is 5.46 Å². The van der Waals surface area contributed by atoms with Crippen LogP contribution in [0.3, 0.4) is 0 Å². The van der Waals surface area contributed by atoms with E-state index in [0.29, 0.717) is 22.2 Å². The molecule has 0 spiro atoms. The van der Waals surface area contributed by atoms with Gasteiger partial charge in [-0.15, -0.1) is 0 Å². The van der Waals surface area contributed by atoms with Crippen LogP contribution in [0.5, 0.6) is 0 Å². The molecule has 34 heavy (non-hydrogen) atoms. The molecule has 0 saturated carbocycles. The lowest BCUT2D eigenvalue weighted by molar-refractivity contribution is 0.00578. The fraction of sp³-hybridized carbons (Fsp3) is 0.269. The molecule has 5 rings (SSSR count). The molecule has 0 amide bonds. The van der Waals surface area contributed by atoms with Crippen LogP contribution in [0, 0.1) is 6.92 Å². The molecule has 0 unspecified atom stereocenters. The fourth-order valence-corrected chi connectivity index (χ4v) is 5.74. The zero-order valence-corrected chi connectivity index (χ0v) is 20.8. The summed E-state index contributed by atoms with van der Waals surface area (Å²) in [6.45, 7) is 9.85. The summed E-state index contributed by atoms with van der Waals surface area (Å²) in [6, 6.07) is 20.0. The molecule has 0 bridgehead atoms. The number of aryl methyl sites for hydroxylation is 1. The Morgan fingerprint density at radius 1 is 0.853 bits per heavy atom. The van der Waals surface area contributed by atoms with E-state index >= 15 is 0 Å². The van der Waals surface area contributed by atoms with Gasteiger partial charge in [-0.05, 0) is 64.4 Å². The Balaban J connectivity index is 1.87. The van der Waals surface area contributed by atoms with Crippen LogP contribution in [0.15, 0.2) is 77.8 Å². The Morgan fingerprint density at radius 2 is 1.47 bits per heavy atom. The summed E-state index contributed by atoms with van der Waals surface area (Å²) in [6.07, 6.45) is 1.60. The highest BCUT2D eigenvalue weighted by Crippen LogP contribution is 2.39. The smallest absolute Gasteiger partial charge is 0.399 e. The molecule has 1 aliphatic rings. The lowest BCUT2D eigenvalue weighted by atomic mass is 9.76. The standard InChI is InChI=1S/C26H27BN2O4S/c1-18-13-15-20(16-14-18)34(30,31)29-23(19-10-7-6-8-11-19)22(21-12-9-17-28-24(21)29)27-32-25(2,3)26(4,5)33-27/h6-17H,1-5H3. The Hall–Kier alpha value is -2.94. The minimum atomic E-state index is -3.98. The summed E-state index contributed by atoms with van der Waals surface area (Å²) in [5.41, 5.74) is 2.04. The third kappa shape index (κ3) is 3.48. The first-order valence-corrected chi connectivity index (χ1v) is 12.7. The number of hydrogen-bond donors (Lipinski definition) is 0. The van der Waals surface area contributed by atoms with Crippen molar-refractivity contribution in [1.82, 2.24) is 8.96 Å². The molecule has 6 nitrogen and oxygen atoms in total. The second-order valence-electron chi connectivity index (χ2n) is 9.67. The van der Waals surface area contributed by atoms with Crippen molar-refractivity contribution in [2.45, 2.75) is 50.7 Å². The molecule has 3 heterocycles. The summed E-state index contributed by atoms with van der Waals surface area (Å²) < 4.78 is 42.3. The van der Waals surface area contributed by atoms with Gasteiger partial charge in [0.1, 0.15) is 0 Å². The van der Waals surface area contributed by atoms with Crippen molar-refractivity contribution < 1.29 is 17.7 Å². The molecule has 0 radical (unpaired) electrons. The lowest BCUT2D eigenvalue weighted by Crippen LogP contribution is -2.41. The van der Waals surface area contributed by atoms with Crippen molar-refractivity contribution in [1.29, 1.82) is 0 Å². The van der Waals surface area contributed by atoms with Gasteiger partial charge in [0.25, 0.3) is 10.0 Å². The summed E-state index contributed by atoms with van der Waals surface area (Å²) in [5.74, 6) is 0. The van der Waals surface area contributed by atoms with Crippen LogP contribution in [0.1, 0.15) is 33.3 Å². The van der Waals surface area contributed by atoms with Gasteiger partial charge < -0.3 is 9.31 Å². The number of nitrogens with zero attached hydrogens (tertiary/aromatic N) is 2. The Kier molecular flexibility index (Phi) is 5.24. The third-order valence-corrected chi connectivity index (χ3v) is 8.53. The Morgan fingerprint density at radius 3 is 2.09 bits per heavy atom. The average Bonchev–Trinajstić information content (AvgIpc) is 3.25. The maximum atomic E-state index is 14.1. The van der Waals surface area contributed by atoms with Gasteiger partial charge in [0.05, 0.1) is 21.8 Å². The van der Waals surface area contributed by atoms with Gasteiger partial charge >= 0.3 is 7.12 Å². The zero-order chi connectivity index (χ0) is 24.3. The van der Waals surface area contributed by atoms with Crippen LogP contribution in [-0.4, -0.2) is 35.7 Å². The highest BCUT2D eigenvalue weighted by atomic mass is 32.2. The number of aromatic nitrogens is 2. The quantitative estimate of drug-likeness (QED) is 0.406. The predicted octanol–water partition coefficient (Wildman–Crippen LogP) is 4.55. The maximum absolute atomic E-state index is 14.1. The van der Waals surface area contributed by atoms with E-state index in [9.17, 15) is 8.42 Å². The second kappa shape index (κ2) is 7.80. The van der Waals surface area contributed by atoms with E-state index < -0.39 is 28.3 Å².